The molecular formula is C27H20N2O3. The molecular weight excluding hydrogens is 400 g/mol. The van der Waals surface area contributed by atoms with Crippen LogP contribution < -0.4 is 10.1 Å². The molecule has 0 aliphatic heterocycles. The van der Waals surface area contributed by atoms with Crippen molar-refractivity contribution in [3.05, 3.63) is 108 Å². The lowest BCUT2D eigenvalue weighted by atomic mass is 10.1. The quantitative estimate of drug-likeness (QED) is 0.338. The lowest BCUT2D eigenvalue weighted by Crippen LogP contribution is -2.13. The van der Waals surface area contributed by atoms with Gasteiger partial charge in [-0.05, 0) is 55.5 Å². The van der Waals surface area contributed by atoms with E-state index in [1.807, 2.05) is 97.9 Å². The Morgan fingerprint density at radius 1 is 0.875 bits per heavy atom. The minimum Gasteiger partial charge on any atom is -0.460 e. The number of benzene rings is 3. The number of ether oxygens (including phenoxy) is 1. The standard InChI is InChI=1S/C27H20N2O3/c1-18-15-16-26(31-18)24-17-21(20-11-5-6-12-22(20)28-24)27(30)29-23-13-7-8-14-25(23)32-19-9-3-2-4-10-19/h2-17H,1H3,(H,29,30). The number of anilines is 1. The van der Waals surface area contributed by atoms with Crippen LogP contribution in [0.5, 0.6) is 11.5 Å². The van der Waals surface area contributed by atoms with E-state index in [4.69, 9.17) is 9.15 Å². The molecule has 0 aliphatic carbocycles. The topological polar surface area (TPSA) is 64.4 Å². The second kappa shape index (κ2) is 8.40. The highest BCUT2D eigenvalue weighted by Gasteiger charge is 2.17. The molecule has 0 aliphatic rings. The summed E-state index contributed by atoms with van der Waals surface area (Å²) in [6.45, 7) is 1.88. The van der Waals surface area contributed by atoms with E-state index >= 15 is 0 Å². The summed E-state index contributed by atoms with van der Waals surface area (Å²) < 4.78 is 11.7. The number of aryl methyl sites for hydroxylation is 1. The van der Waals surface area contributed by atoms with Crippen LogP contribution in [-0.4, -0.2) is 10.9 Å². The maximum Gasteiger partial charge on any atom is 0.256 e. The van der Waals surface area contributed by atoms with Crippen molar-refractivity contribution in [1.82, 2.24) is 4.98 Å². The van der Waals surface area contributed by atoms with Crippen molar-refractivity contribution in [3.63, 3.8) is 0 Å². The number of carbonyl (C=O) groups excluding carboxylic acids is 1. The SMILES string of the molecule is Cc1ccc(-c2cc(C(=O)Nc3ccccc3Oc3ccccc3)c3ccccc3n2)o1. The molecule has 0 bridgehead atoms. The molecule has 5 heteroatoms. The average molecular weight is 420 g/mol. The summed E-state index contributed by atoms with van der Waals surface area (Å²) in [4.78, 5) is 18.1. The van der Waals surface area contributed by atoms with Crippen LogP contribution in [0.3, 0.4) is 0 Å². The van der Waals surface area contributed by atoms with E-state index in [9.17, 15) is 4.79 Å². The molecule has 5 nitrogen and oxygen atoms in total. The highest BCUT2D eigenvalue weighted by Crippen LogP contribution is 2.31. The van der Waals surface area contributed by atoms with Crippen LogP contribution in [0.4, 0.5) is 5.69 Å². The predicted molar refractivity (Wildman–Crippen MR) is 125 cm³/mol. The van der Waals surface area contributed by atoms with Gasteiger partial charge in [0.25, 0.3) is 5.91 Å². The summed E-state index contributed by atoms with van der Waals surface area (Å²) in [7, 11) is 0. The van der Waals surface area contributed by atoms with Crippen LogP contribution in [0.1, 0.15) is 16.1 Å². The van der Waals surface area contributed by atoms with Crippen molar-refractivity contribution in [3.8, 4) is 23.0 Å². The van der Waals surface area contributed by atoms with Crippen molar-refractivity contribution >= 4 is 22.5 Å². The first-order chi connectivity index (χ1) is 15.7. The summed E-state index contributed by atoms with van der Waals surface area (Å²) >= 11 is 0. The van der Waals surface area contributed by atoms with Gasteiger partial charge in [0, 0.05) is 5.39 Å². The first-order valence-corrected chi connectivity index (χ1v) is 10.3. The number of para-hydroxylation sites is 4. The van der Waals surface area contributed by atoms with Gasteiger partial charge in [0.2, 0.25) is 0 Å². The van der Waals surface area contributed by atoms with Crippen molar-refractivity contribution in [2.24, 2.45) is 0 Å². The summed E-state index contributed by atoms with van der Waals surface area (Å²) in [5, 5.41) is 3.76. The van der Waals surface area contributed by atoms with E-state index in [-0.39, 0.29) is 5.91 Å². The molecule has 0 radical (unpaired) electrons. The zero-order valence-electron chi connectivity index (χ0n) is 17.4. The predicted octanol–water partition coefficient (Wildman–Crippen LogP) is 6.85. The molecule has 0 saturated carbocycles. The molecule has 32 heavy (non-hydrogen) atoms. The van der Waals surface area contributed by atoms with Crippen LogP contribution in [0, 0.1) is 6.92 Å². The zero-order chi connectivity index (χ0) is 21.9. The highest BCUT2D eigenvalue weighted by molar-refractivity contribution is 6.13. The molecule has 2 heterocycles. The number of amides is 1. The van der Waals surface area contributed by atoms with Crippen molar-refractivity contribution < 1.29 is 13.9 Å². The number of hydrogen-bond acceptors (Lipinski definition) is 4. The molecule has 2 aromatic heterocycles. The normalized spacial score (nSPS) is 10.8. The van der Waals surface area contributed by atoms with E-state index in [0.29, 0.717) is 34.2 Å². The molecule has 5 aromatic rings. The largest absolute Gasteiger partial charge is 0.460 e. The van der Waals surface area contributed by atoms with Gasteiger partial charge in [-0.15, -0.1) is 0 Å². The monoisotopic (exact) mass is 420 g/mol. The molecule has 0 unspecified atom stereocenters. The van der Waals surface area contributed by atoms with Crippen molar-refractivity contribution in [2.75, 3.05) is 5.32 Å². The van der Waals surface area contributed by atoms with E-state index in [1.54, 1.807) is 6.07 Å². The molecule has 0 atom stereocenters. The maximum atomic E-state index is 13.4. The lowest BCUT2D eigenvalue weighted by Gasteiger charge is -2.13. The fourth-order valence-corrected chi connectivity index (χ4v) is 3.53. The number of aromatic nitrogens is 1. The molecule has 5 rings (SSSR count). The van der Waals surface area contributed by atoms with Crippen LogP contribution in [0.15, 0.2) is 101 Å². The fraction of sp³-hybridized carbons (Fsp3) is 0.0370. The van der Waals surface area contributed by atoms with Gasteiger partial charge in [-0.2, -0.15) is 0 Å². The molecule has 1 N–H and O–H groups in total. The number of carbonyl (C=O) groups is 1. The molecule has 156 valence electrons. The zero-order valence-corrected chi connectivity index (χ0v) is 17.4. The molecule has 0 saturated heterocycles. The molecule has 0 fully saturated rings. The first kappa shape index (κ1) is 19.6. The Kier molecular flexibility index (Phi) is 5.14. The number of furan rings is 1. The Labute approximate surface area is 185 Å². The van der Waals surface area contributed by atoms with Crippen LogP contribution >= 0.6 is 0 Å². The van der Waals surface area contributed by atoms with Crippen LogP contribution in [0.25, 0.3) is 22.4 Å². The first-order valence-electron chi connectivity index (χ1n) is 10.3. The number of hydrogen-bond donors (Lipinski definition) is 1. The molecule has 1 amide bonds. The van der Waals surface area contributed by atoms with Crippen LogP contribution in [-0.2, 0) is 0 Å². The van der Waals surface area contributed by atoms with Gasteiger partial charge in [-0.25, -0.2) is 4.98 Å². The van der Waals surface area contributed by atoms with Gasteiger partial charge >= 0.3 is 0 Å². The van der Waals surface area contributed by atoms with Crippen LogP contribution in [0.2, 0.25) is 0 Å². The van der Waals surface area contributed by atoms with Crippen molar-refractivity contribution in [2.45, 2.75) is 6.92 Å². The summed E-state index contributed by atoms with van der Waals surface area (Å²) in [6, 6.07) is 29.9. The lowest BCUT2D eigenvalue weighted by molar-refractivity contribution is 0.102. The highest BCUT2D eigenvalue weighted by atomic mass is 16.5. The van der Waals surface area contributed by atoms with E-state index in [2.05, 4.69) is 10.3 Å². The Hall–Kier alpha value is -4.38. The molecule has 3 aromatic carbocycles. The summed E-state index contributed by atoms with van der Waals surface area (Å²) in [6.07, 6.45) is 0. The third kappa shape index (κ3) is 3.96. The van der Waals surface area contributed by atoms with Gasteiger partial charge in [-0.1, -0.05) is 48.5 Å². The Morgan fingerprint density at radius 3 is 2.44 bits per heavy atom. The second-order valence-corrected chi connectivity index (χ2v) is 7.35. The van der Waals surface area contributed by atoms with Gasteiger partial charge in [-0.3, -0.25) is 4.79 Å². The van der Waals surface area contributed by atoms with Gasteiger partial charge in [0.1, 0.15) is 17.2 Å². The minimum atomic E-state index is -0.253. The number of pyridine rings is 1. The maximum absolute atomic E-state index is 13.4. The third-order valence-corrected chi connectivity index (χ3v) is 5.06. The third-order valence-electron chi connectivity index (χ3n) is 5.06. The second-order valence-electron chi connectivity index (χ2n) is 7.35. The number of fused-ring (bicyclic) bond motifs is 1. The number of nitrogens with one attached hydrogen (secondary N) is 1. The summed E-state index contributed by atoms with van der Waals surface area (Å²) in [5.41, 5.74) is 2.42. The van der Waals surface area contributed by atoms with E-state index in [1.165, 1.54) is 0 Å². The smallest absolute Gasteiger partial charge is 0.256 e. The van der Waals surface area contributed by atoms with Gasteiger partial charge in [0.15, 0.2) is 11.5 Å². The molecule has 0 spiro atoms. The average Bonchev–Trinajstić information content (AvgIpc) is 3.26. The number of rotatable bonds is 5. The number of nitrogens with zero attached hydrogens (tertiary/aromatic N) is 1. The Bertz CT molecular complexity index is 1410. The van der Waals surface area contributed by atoms with Gasteiger partial charge < -0.3 is 14.5 Å². The fourth-order valence-electron chi connectivity index (χ4n) is 3.53. The van der Waals surface area contributed by atoms with E-state index < -0.39 is 0 Å². The Balaban J connectivity index is 1.52. The van der Waals surface area contributed by atoms with Gasteiger partial charge in [0.05, 0.1) is 16.8 Å². The van der Waals surface area contributed by atoms with Crippen molar-refractivity contribution in [1.29, 1.82) is 0 Å². The summed E-state index contributed by atoms with van der Waals surface area (Å²) in [5.74, 6) is 2.41. The Morgan fingerprint density at radius 2 is 1.62 bits per heavy atom. The minimum absolute atomic E-state index is 0.253. The van der Waals surface area contributed by atoms with E-state index in [0.717, 1.165) is 16.7 Å².